The quantitative estimate of drug-likeness (QED) is 0.137. The van der Waals surface area contributed by atoms with Crippen LogP contribution in [0, 0.1) is 0 Å². The average molecular weight is 655 g/mol. The van der Waals surface area contributed by atoms with E-state index in [-0.39, 0.29) is 16.1 Å². The first-order valence-corrected chi connectivity index (χ1v) is 18.0. The molecule has 2 aromatic heterocycles. The third-order valence-corrected chi connectivity index (χ3v) is 12.2. The highest BCUT2D eigenvalue weighted by molar-refractivity contribution is 6.53. The molecule has 1 saturated heterocycles. The minimum absolute atomic E-state index is 0.0580. The van der Waals surface area contributed by atoms with E-state index in [0.29, 0.717) is 30.2 Å². The van der Waals surface area contributed by atoms with Gasteiger partial charge in [-0.25, -0.2) is 9.97 Å². The highest BCUT2D eigenvalue weighted by atomic mass is 28.3. The standard InChI is InChI=1S/C36H42N4O6Si/c1-35(2,3)47(6)44-21-30-29(20-31(45-30)40-23-39-32-33(40)37-22-38-34(32)41)46-36(24-14-8-7-9-15-24,25-16-10-12-18-27(25)42-4)26-17-11-13-19-28(26)43-5/h7-19,22-23,29-31,47H,20-21H2,1-6H3,(H,37,38,41)/t29-,30+,31+,47?/m0/s1. The molecular formula is C36H42N4O6Si. The number of ether oxygens (including phenoxy) is 4. The van der Waals surface area contributed by atoms with Crippen LogP contribution in [-0.2, 0) is 19.5 Å². The monoisotopic (exact) mass is 654 g/mol. The van der Waals surface area contributed by atoms with Crippen molar-refractivity contribution >= 4 is 20.2 Å². The van der Waals surface area contributed by atoms with Gasteiger partial charge in [0.1, 0.15) is 23.8 Å². The Bertz CT molecular complexity index is 1820. The summed E-state index contributed by atoms with van der Waals surface area (Å²) in [6.07, 6.45) is 1.99. The maximum atomic E-state index is 12.5. The van der Waals surface area contributed by atoms with Gasteiger partial charge >= 0.3 is 0 Å². The number of imidazole rings is 1. The Morgan fingerprint density at radius 1 is 0.915 bits per heavy atom. The van der Waals surface area contributed by atoms with Crippen LogP contribution in [0.4, 0.5) is 0 Å². The number of hydrogen-bond donors (Lipinski definition) is 1. The van der Waals surface area contributed by atoms with Gasteiger partial charge in [0.25, 0.3) is 5.56 Å². The summed E-state index contributed by atoms with van der Waals surface area (Å²) in [5.41, 5.74) is 1.75. The van der Waals surface area contributed by atoms with E-state index in [1.54, 1.807) is 20.5 Å². The number of nitrogens with zero attached hydrogens (tertiary/aromatic N) is 3. The Morgan fingerprint density at radius 3 is 2.15 bits per heavy atom. The molecule has 1 aliphatic rings. The average Bonchev–Trinajstić information content (AvgIpc) is 3.70. The van der Waals surface area contributed by atoms with Crippen LogP contribution in [0.15, 0.2) is 96.3 Å². The van der Waals surface area contributed by atoms with Gasteiger partial charge in [-0.2, -0.15) is 0 Å². The lowest BCUT2D eigenvalue weighted by Crippen LogP contribution is -2.42. The molecule has 0 spiro atoms. The van der Waals surface area contributed by atoms with Crippen molar-refractivity contribution in [3.8, 4) is 11.5 Å². The Hall–Kier alpha value is -4.29. The van der Waals surface area contributed by atoms with E-state index in [0.717, 1.165) is 16.7 Å². The fourth-order valence-electron chi connectivity index (χ4n) is 6.13. The van der Waals surface area contributed by atoms with Crippen molar-refractivity contribution in [2.75, 3.05) is 20.8 Å². The first-order valence-electron chi connectivity index (χ1n) is 15.8. The maximum absolute atomic E-state index is 12.5. The molecule has 0 amide bonds. The molecule has 0 aliphatic carbocycles. The number of fused-ring (bicyclic) bond motifs is 1. The van der Waals surface area contributed by atoms with Crippen LogP contribution in [0.3, 0.4) is 0 Å². The van der Waals surface area contributed by atoms with Crippen molar-refractivity contribution < 1.29 is 23.4 Å². The summed E-state index contributed by atoms with van der Waals surface area (Å²) in [7, 11) is 1.72. The second-order valence-electron chi connectivity index (χ2n) is 12.9. The number of H-pyrrole nitrogens is 1. The predicted molar refractivity (Wildman–Crippen MR) is 183 cm³/mol. The molecule has 10 nitrogen and oxygen atoms in total. The topological polar surface area (TPSA) is 110 Å². The van der Waals surface area contributed by atoms with E-state index in [1.807, 2.05) is 71.3 Å². The van der Waals surface area contributed by atoms with Crippen molar-refractivity contribution in [2.24, 2.45) is 0 Å². The lowest BCUT2D eigenvalue weighted by atomic mass is 9.78. The largest absolute Gasteiger partial charge is 0.496 e. The number of nitrogens with one attached hydrogen (secondary N) is 1. The molecule has 246 valence electrons. The van der Waals surface area contributed by atoms with E-state index < -0.39 is 33.1 Å². The maximum Gasteiger partial charge on any atom is 0.278 e. The number of methoxy groups -OCH3 is 2. The van der Waals surface area contributed by atoms with Gasteiger partial charge in [-0.3, -0.25) is 9.36 Å². The molecule has 3 heterocycles. The van der Waals surface area contributed by atoms with Gasteiger partial charge in [-0.1, -0.05) is 87.5 Å². The van der Waals surface area contributed by atoms with E-state index in [4.69, 9.17) is 23.4 Å². The fourth-order valence-corrected chi connectivity index (χ4v) is 7.11. The fraction of sp³-hybridized carbons (Fsp3) is 0.361. The summed E-state index contributed by atoms with van der Waals surface area (Å²) in [6, 6.07) is 25.9. The van der Waals surface area contributed by atoms with Crippen molar-refractivity contribution in [1.82, 2.24) is 19.5 Å². The molecule has 1 unspecified atom stereocenters. The molecule has 4 atom stereocenters. The van der Waals surface area contributed by atoms with Crippen LogP contribution in [0.2, 0.25) is 11.6 Å². The Labute approximate surface area is 276 Å². The number of benzene rings is 3. The normalized spacial score (nSPS) is 19.1. The molecule has 11 heteroatoms. The third-order valence-electron chi connectivity index (χ3n) is 9.07. The van der Waals surface area contributed by atoms with E-state index in [1.165, 1.54) is 6.33 Å². The van der Waals surface area contributed by atoms with Gasteiger partial charge in [0.15, 0.2) is 25.8 Å². The Morgan fingerprint density at radius 2 is 1.53 bits per heavy atom. The van der Waals surface area contributed by atoms with Gasteiger partial charge in [-0.05, 0) is 29.3 Å². The van der Waals surface area contributed by atoms with Gasteiger partial charge in [-0.15, -0.1) is 0 Å². The molecule has 1 aliphatic heterocycles. The van der Waals surface area contributed by atoms with Crippen molar-refractivity contribution in [3.63, 3.8) is 0 Å². The molecule has 0 saturated carbocycles. The summed E-state index contributed by atoms with van der Waals surface area (Å²) in [4.78, 5) is 23.9. The van der Waals surface area contributed by atoms with Crippen LogP contribution in [0.25, 0.3) is 11.2 Å². The summed E-state index contributed by atoms with van der Waals surface area (Å²) in [5.74, 6) is 1.34. The number of para-hydroxylation sites is 2. The van der Waals surface area contributed by atoms with Gasteiger partial charge in [0.2, 0.25) is 0 Å². The van der Waals surface area contributed by atoms with Gasteiger partial charge < -0.3 is 28.4 Å². The van der Waals surface area contributed by atoms with Crippen LogP contribution in [0.5, 0.6) is 11.5 Å². The van der Waals surface area contributed by atoms with Crippen LogP contribution in [0.1, 0.15) is 50.1 Å². The molecule has 47 heavy (non-hydrogen) atoms. The van der Waals surface area contributed by atoms with E-state index in [9.17, 15) is 4.79 Å². The van der Waals surface area contributed by atoms with Crippen LogP contribution >= 0.6 is 0 Å². The number of rotatable bonds is 11. The van der Waals surface area contributed by atoms with Crippen molar-refractivity contribution in [1.29, 1.82) is 0 Å². The summed E-state index contributed by atoms with van der Waals surface area (Å²) in [5, 5.41) is 0.0580. The molecule has 6 rings (SSSR count). The SMILES string of the molecule is COc1ccccc1C(O[C@H]1C[C@H](n2cnc3c(=O)[nH]cnc32)O[C@@H]1CO[SiH](C)C(C)(C)C)(c1ccccc1)c1ccccc1OC. The number of hydrogen-bond acceptors (Lipinski definition) is 8. The first-order chi connectivity index (χ1) is 22.7. The molecular weight excluding hydrogens is 613 g/mol. The zero-order valence-corrected chi connectivity index (χ0v) is 28.8. The minimum atomic E-state index is -1.61. The van der Waals surface area contributed by atoms with E-state index >= 15 is 0 Å². The molecule has 5 aromatic rings. The van der Waals surface area contributed by atoms with Gasteiger partial charge in [0.05, 0.1) is 39.6 Å². The van der Waals surface area contributed by atoms with Gasteiger partial charge in [0, 0.05) is 17.5 Å². The molecule has 1 fully saturated rings. The lowest BCUT2D eigenvalue weighted by molar-refractivity contribution is -0.0975. The van der Waals surface area contributed by atoms with E-state index in [2.05, 4.69) is 54.4 Å². The second kappa shape index (κ2) is 13.4. The summed E-state index contributed by atoms with van der Waals surface area (Å²) < 4.78 is 34.7. The second-order valence-corrected chi connectivity index (χ2v) is 16.2. The zero-order valence-electron chi connectivity index (χ0n) is 27.7. The Balaban J connectivity index is 1.52. The third kappa shape index (κ3) is 6.23. The highest BCUT2D eigenvalue weighted by Gasteiger charge is 2.49. The lowest BCUT2D eigenvalue weighted by Gasteiger charge is -2.40. The first kappa shape index (κ1) is 32.6. The summed E-state index contributed by atoms with van der Waals surface area (Å²) in [6.45, 7) is 9.18. The number of aromatic amines is 1. The Kier molecular flexibility index (Phi) is 9.33. The highest BCUT2D eigenvalue weighted by Crippen LogP contribution is 2.50. The van der Waals surface area contributed by atoms with Crippen molar-refractivity contribution in [2.45, 2.75) is 62.8 Å². The van der Waals surface area contributed by atoms with Crippen LogP contribution < -0.4 is 15.0 Å². The minimum Gasteiger partial charge on any atom is -0.496 e. The molecule has 3 aromatic carbocycles. The molecule has 0 bridgehead atoms. The smallest absolute Gasteiger partial charge is 0.278 e. The summed E-state index contributed by atoms with van der Waals surface area (Å²) >= 11 is 0. The molecule has 1 N–H and O–H groups in total. The number of aromatic nitrogens is 4. The van der Waals surface area contributed by atoms with Crippen LogP contribution in [-0.4, -0.2) is 61.6 Å². The zero-order chi connectivity index (χ0) is 33.2. The predicted octanol–water partition coefficient (Wildman–Crippen LogP) is 5.97. The molecule has 0 radical (unpaired) electrons. The van der Waals surface area contributed by atoms with Crippen molar-refractivity contribution in [3.05, 3.63) is 119 Å².